The maximum atomic E-state index is 11.5. The van der Waals surface area contributed by atoms with Crippen LogP contribution in [-0.4, -0.2) is 15.7 Å². The molecule has 19 heavy (non-hydrogen) atoms. The van der Waals surface area contributed by atoms with E-state index in [9.17, 15) is 4.79 Å². The number of carbonyl (C=O) groups is 1. The maximum absolute atomic E-state index is 11.5. The second kappa shape index (κ2) is 4.31. The summed E-state index contributed by atoms with van der Waals surface area (Å²) in [5.74, 6) is 0. The van der Waals surface area contributed by atoms with E-state index in [2.05, 4.69) is 23.2 Å². The SMILES string of the molecule is Cc1ccc(C)c(-c2nc3scc(C)n3c2C=O)c1. The van der Waals surface area contributed by atoms with Gasteiger partial charge in [0.05, 0.1) is 0 Å². The smallest absolute Gasteiger partial charge is 0.195 e. The molecule has 3 rings (SSSR count). The van der Waals surface area contributed by atoms with Gasteiger partial charge in [-0.25, -0.2) is 4.98 Å². The molecule has 2 heterocycles. The zero-order valence-corrected chi connectivity index (χ0v) is 11.9. The minimum absolute atomic E-state index is 0.641. The molecule has 4 heteroatoms. The van der Waals surface area contributed by atoms with Crippen LogP contribution in [0.2, 0.25) is 0 Å². The first-order valence-corrected chi connectivity index (χ1v) is 6.99. The van der Waals surface area contributed by atoms with Crippen molar-refractivity contribution in [3.05, 3.63) is 46.1 Å². The molecular formula is C15H14N2OS. The summed E-state index contributed by atoms with van der Waals surface area (Å²) in [5.41, 5.74) is 5.82. The fourth-order valence-corrected chi connectivity index (χ4v) is 3.19. The largest absolute Gasteiger partial charge is 0.296 e. The number of hydrogen-bond donors (Lipinski definition) is 0. The van der Waals surface area contributed by atoms with Crippen LogP contribution in [0, 0.1) is 20.8 Å². The Labute approximate surface area is 115 Å². The van der Waals surface area contributed by atoms with Crippen LogP contribution in [0.3, 0.4) is 0 Å². The van der Waals surface area contributed by atoms with Crippen molar-refractivity contribution in [2.24, 2.45) is 0 Å². The van der Waals surface area contributed by atoms with Crippen molar-refractivity contribution >= 4 is 22.6 Å². The molecule has 0 aliphatic rings. The Morgan fingerprint density at radius 2 is 2.05 bits per heavy atom. The van der Waals surface area contributed by atoms with Gasteiger partial charge >= 0.3 is 0 Å². The molecule has 3 nitrogen and oxygen atoms in total. The molecule has 0 unspecified atom stereocenters. The van der Waals surface area contributed by atoms with E-state index in [0.29, 0.717) is 5.69 Å². The number of aromatic nitrogens is 2. The molecule has 0 saturated carbocycles. The quantitative estimate of drug-likeness (QED) is 0.664. The van der Waals surface area contributed by atoms with Crippen molar-refractivity contribution < 1.29 is 4.79 Å². The molecule has 0 aliphatic heterocycles. The highest BCUT2D eigenvalue weighted by Crippen LogP contribution is 2.30. The van der Waals surface area contributed by atoms with E-state index < -0.39 is 0 Å². The Kier molecular flexibility index (Phi) is 2.75. The van der Waals surface area contributed by atoms with E-state index in [1.807, 2.05) is 30.6 Å². The number of imidazole rings is 1. The van der Waals surface area contributed by atoms with Gasteiger partial charge in [-0.3, -0.25) is 9.20 Å². The van der Waals surface area contributed by atoms with Crippen LogP contribution in [-0.2, 0) is 0 Å². The highest BCUT2D eigenvalue weighted by Gasteiger charge is 2.17. The predicted octanol–water partition coefficient (Wildman–Crippen LogP) is 3.80. The molecule has 2 aromatic heterocycles. The third-order valence-electron chi connectivity index (χ3n) is 3.33. The number of thiazole rings is 1. The number of hydrogen-bond acceptors (Lipinski definition) is 3. The van der Waals surface area contributed by atoms with Crippen LogP contribution in [0.1, 0.15) is 27.3 Å². The lowest BCUT2D eigenvalue weighted by atomic mass is 10.0. The van der Waals surface area contributed by atoms with E-state index in [1.165, 1.54) is 5.56 Å². The summed E-state index contributed by atoms with van der Waals surface area (Å²) in [5, 5.41) is 2.02. The van der Waals surface area contributed by atoms with Gasteiger partial charge in [0, 0.05) is 16.6 Å². The molecule has 0 spiro atoms. The van der Waals surface area contributed by atoms with Gasteiger partial charge in [-0.2, -0.15) is 0 Å². The number of aryl methyl sites for hydroxylation is 3. The zero-order chi connectivity index (χ0) is 13.6. The third kappa shape index (κ3) is 1.79. The lowest BCUT2D eigenvalue weighted by Crippen LogP contribution is -1.94. The minimum Gasteiger partial charge on any atom is -0.296 e. The summed E-state index contributed by atoms with van der Waals surface area (Å²) in [6.07, 6.45) is 0.900. The van der Waals surface area contributed by atoms with Crippen LogP contribution < -0.4 is 0 Å². The van der Waals surface area contributed by atoms with Gasteiger partial charge in [0.1, 0.15) is 11.4 Å². The van der Waals surface area contributed by atoms with Crippen molar-refractivity contribution in [3.8, 4) is 11.3 Å². The monoisotopic (exact) mass is 270 g/mol. The Morgan fingerprint density at radius 1 is 1.26 bits per heavy atom. The van der Waals surface area contributed by atoms with E-state index >= 15 is 0 Å². The van der Waals surface area contributed by atoms with Gasteiger partial charge in [0.25, 0.3) is 0 Å². The first-order valence-electron chi connectivity index (χ1n) is 6.11. The van der Waals surface area contributed by atoms with Crippen LogP contribution in [0.25, 0.3) is 16.2 Å². The highest BCUT2D eigenvalue weighted by atomic mass is 32.1. The zero-order valence-electron chi connectivity index (χ0n) is 11.1. The topological polar surface area (TPSA) is 34.4 Å². The molecule has 96 valence electrons. The minimum atomic E-state index is 0.641. The van der Waals surface area contributed by atoms with Crippen LogP contribution in [0.4, 0.5) is 0 Å². The fraction of sp³-hybridized carbons (Fsp3) is 0.200. The Hall–Kier alpha value is -1.94. The van der Waals surface area contributed by atoms with Crippen molar-refractivity contribution in [1.82, 2.24) is 9.38 Å². The van der Waals surface area contributed by atoms with Crippen molar-refractivity contribution in [2.75, 3.05) is 0 Å². The van der Waals surface area contributed by atoms with E-state index in [-0.39, 0.29) is 0 Å². The molecule has 0 aliphatic carbocycles. The number of rotatable bonds is 2. The van der Waals surface area contributed by atoms with Gasteiger partial charge in [-0.05, 0) is 32.4 Å². The molecule has 0 radical (unpaired) electrons. The van der Waals surface area contributed by atoms with Crippen LogP contribution in [0.15, 0.2) is 23.6 Å². The summed E-state index contributed by atoms with van der Waals surface area (Å²) >= 11 is 1.56. The molecular weight excluding hydrogens is 256 g/mol. The van der Waals surface area contributed by atoms with Crippen molar-refractivity contribution in [1.29, 1.82) is 0 Å². The molecule has 0 amide bonds. The van der Waals surface area contributed by atoms with Gasteiger partial charge in [-0.15, -0.1) is 11.3 Å². The van der Waals surface area contributed by atoms with Crippen molar-refractivity contribution in [3.63, 3.8) is 0 Å². The number of nitrogens with zero attached hydrogens (tertiary/aromatic N) is 2. The summed E-state index contributed by atoms with van der Waals surface area (Å²) in [6.45, 7) is 6.09. The predicted molar refractivity (Wildman–Crippen MR) is 78.1 cm³/mol. The average Bonchev–Trinajstić information content (AvgIpc) is 2.92. The summed E-state index contributed by atoms with van der Waals surface area (Å²) < 4.78 is 1.93. The first kappa shape index (κ1) is 12.1. The third-order valence-corrected chi connectivity index (χ3v) is 4.27. The van der Waals surface area contributed by atoms with E-state index in [1.54, 1.807) is 11.3 Å². The molecule has 0 saturated heterocycles. The van der Waals surface area contributed by atoms with Gasteiger partial charge in [0.2, 0.25) is 0 Å². The van der Waals surface area contributed by atoms with Crippen LogP contribution in [0.5, 0.6) is 0 Å². The van der Waals surface area contributed by atoms with E-state index in [0.717, 1.165) is 33.8 Å². The average molecular weight is 270 g/mol. The maximum Gasteiger partial charge on any atom is 0.195 e. The Bertz CT molecular complexity index is 783. The second-order valence-electron chi connectivity index (χ2n) is 4.78. The highest BCUT2D eigenvalue weighted by molar-refractivity contribution is 7.15. The Balaban J connectivity index is 2.36. The summed E-state index contributed by atoms with van der Waals surface area (Å²) in [6, 6.07) is 6.23. The molecule has 0 fully saturated rings. The van der Waals surface area contributed by atoms with Crippen LogP contribution >= 0.6 is 11.3 Å². The molecule has 1 aromatic carbocycles. The lowest BCUT2D eigenvalue weighted by molar-refractivity contribution is 0.111. The van der Waals surface area contributed by atoms with Gasteiger partial charge in [0.15, 0.2) is 11.2 Å². The number of aldehydes is 1. The standard InChI is InChI=1S/C15H14N2OS/c1-9-4-5-10(2)12(6-9)14-13(7-18)17-11(3)8-19-15(17)16-14/h4-8H,1-3H3. The molecule has 0 atom stereocenters. The van der Waals surface area contributed by atoms with Gasteiger partial charge < -0.3 is 0 Å². The second-order valence-corrected chi connectivity index (χ2v) is 5.61. The van der Waals surface area contributed by atoms with E-state index in [4.69, 9.17) is 0 Å². The number of carbonyl (C=O) groups excluding carboxylic acids is 1. The lowest BCUT2D eigenvalue weighted by Gasteiger charge is -2.05. The fourth-order valence-electron chi connectivity index (χ4n) is 2.32. The van der Waals surface area contributed by atoms with Gasteiger partial charge in [-0.1, -0.05) is 17.7 Å². The normalized spacial score (nSPS) is 11.1. The summed E-state index contributed by atoms with van der Waals surface area (Å²) in [7, 11) is 0. The molecule has 3 aromatic rings. The van der Waals surface area contributed by atoms with Crippen molar-refractivity contribution in [2.45, 2.75) is 20.8 Å². The summed E-state index contributed by atoms with van der Waals surface area (Å²) in [4.78, 5) is 17.0. The Morgan fingerprint density at radius 3 is 2.79 bits per heavy atom. The first-order chi connectivity index (χ1) is 9.11. The number of fused-ring (bicyclic) bond motifs is 1. The number of benzene rings is 1. The molecule has 0 N–H and O–H groups in total. The molecule has 0 bridgehead atoms.